The first kappa shape index (κ1) is 13.7. The Labute approximate surface area is 103 Å². The highest BCUT2D eigenvalue weighted by atomic mass is 15.2. The second-order valence-corrected chi connectivity index (χ2v) is 3.88. The van der Waals surface area contributed by atoms with Crippen LogP contribution in [0.15, 0.2) is 18.3 Å². The standard InChI is InChI=1S/C12H23N5/c1-3-17(4-2)9-5-8-14-12-7-6-11(16-13)10-15-12/h6-7,10,16H,3-5,8-9,13H2,1-2H3,(H,14,15). The predicted octanol–water partition coefficient (Wildman–Crippen LogP) is 1.51. The first-order valence-corrected chi connectivity index (χ1v) is 6.19. The molecular weight excluding hydrogens is 214 g/mol. The second kappa shape index (κ2) is 7.86. The van der Waals surface area contributed by atoms with Crippen LogP contribution in [0.25, 0.3) is 0 Å². The summed E-state index contributed by atoms with van der Waals surface area (Å²) in [6, 6.07) is 3.83. The van der Waals surface area contributed by atoms with E-state index in [1.165, 1.54) is 0 Å². The lowest BCUT2D eigenvalue weighted by Gasteiger charge is -2.17. The fraction of sp³-hybridized carbons (Fsp3) is 0.583. The number of nitrogen functional groups attached to an aromatic ring is 1. The normalized spacial score (nSPS) is 10.6. The maximum Gasteiger partial charge on any atom is 0.126 e. The Hall–Kier alpha value is -1.33. The van der Waals surface area contributed by atoms with Gasteiger partial charge < -0.3 is 15.6 Å². The van der Waals surface area contributed by atoms with E-state index in [1.54, 1.807) is 6.20 Å². The van der Waals surface area contributed by atoms with Gasteiger partial charge in [0.1, 0.15) is 5.82 Å². The van der Waals surface area contributed by atoms with Gasteiger partial charge >= 0.3 is 0 Å². The van der Waals surface area contributed by atoms with E-state index in [0.717, 1.165) is 44.1 Å². The Bertz CT molecular complexity index is 294. The Balaban J connectivity index is 2.21. The van der Waals surface area contributed by atoms with E-state index in [1.807, 2.05) is 12.1 Å². The number of hydrogen-bond acceptors (Lipinski definition) is 5. The first-order valence-electron chi connectivity index (χ1n) is 6.19. The van der Waals surface area contributed by atoms with Crippen LogP contribution in [0.5, 0.6) is 0 Å². The van der Waals surface area contributed by atoms with Crippen molar-refractivity contribution in [1.29, 1.82) is 0 Å². The monoisotopic (exact) mass is 237 g/mol. The molecule has 0 atom stereocenters. The molecule has 5 heteroatoms. The van der Waals surface area contributed by atoms with E-state index < -0.39 is 0 Å². The van der Waals surface area contributed by atoms with Crippen molar-refractivity contribution in [2.45, 2.75) is 20.3 Å². The van der Waals surface area contributed by atoms with Crippen LogP contribution in [0.1, 0.15) is 20.3 Å². The molecular formula is C12H23N5. The molecule has 0 amide bonds. The smallest absolute Gasteiger partial charge is 0.126 e. The topological polar surface area (TPSA) is 66.2 Å². The van der Waals surface area contributed by atoms with Crippen molar-refractivity contribution >= 4 is 11.5 Å². The van der Waals surface area contributed by atoms with Crippen molar-refractivity contribution in [3.8, 4) is 0 Å². The first-order chi connectivity index (χ1) is 8.30. The highest BCUT2D eigenvalue weighted by molar-refractivity contribution is 5.46. The predicted molar refractivity (Wildman–Crippen MR) is 72.9 cm³/mol. The van der Waals surface area contributed by atoms with Crippen LogP contribution in [0.4, 0.5) is 11.5 Å². The maximum absolute atomic E-state index is 5.27. The van der Waals surface area contributed by atoms with Crippen LogP contribution >= 0.6 is 0 Å². The minimum atomic E-state index is 0.818. The number of pyridine rings is 1. The Morgan fingerprint density at radius 2 is 2.06 bits per heavy atom. The summed E-state index contributed by atoms with van der Waals surface area (Å²) in [6.45, 7) is 8.69. The molecule has 5 nitrogen and oxygen atoms in total. The third-order valence-electron chi connectivity index (χ3n) is 2.78. The molecule has 0 spiro atoms. The van der Waals surface area contributed by atoms with Gasteiger partial charge in [0, 0.05) is 6.54 Å². The molecule has 96 valence electrons. The Kier molecular flexibility index (Phi) is 6.35. The maximum atomic E-state index is 5.27. The molecule has 0 saturated heterocycles. The minimum Gasteiger partial charge on any atom is -0.370 e. The number of hydrogen-bond donors (Lipinski definition) is 3. The molecule has 0 aliphatic carbocycles. The van der Waals surface area contributed by atoms with Crippen molar-refractivity contribution in [3.63, 3.8) is 0 Å². The van der Waals surface area contributed by atoms with Gasteiger partial charge in [-0.2, -0.15) is 0 Å². The lowest BCUT2D eigenvalue weighted by atomic mass is 10.3. The minimum absolute atomic E-state index is 0.818. The van der Waals surface area contributed by atoms with Crippen LogP contribution in [-0.4, -0.2) is 36.1 Å². The van der Waals surface area contributed by atoms with Crippen LogP contribution in [0, 0.1) is 0 Å². The molecule has 0 saturated carbocycles. The third-order valence-corrected chi connectivity index (χ3v) is 2.78. The average Bonchev–Trinajstić information content (AvgIpc) is 2.40. The summed E-state index contributed by atoms with van der Waals surface area (Å²) in [6.07, 6.45) is 2.84. The quantitative estimate of drug-likeness (QED) is 0.363. The molecule has 1 aromatic heterocycles. The van der Waals surface area contributed by atoms with Crippen LogP contribution in [0.2, 0.25) is 0 Å². The van der Waals surface area contributed by atoms with Gasteiger partial charge in [0.05, 0.1) is 11.9 Å². The van der Waals surface area contributed by atoms with Crippen molar-refractivity contribution < 1.29 is 0 Å². The SMILES string of the molecule is CCN(CC)CCCNc1ccc(NN)cn1. The summed E-state index contributed by atoms with van der Waals surface area (Å²) in [5.74, 6) is 6.16. The molecule has 0 radical (unpaired) electrons. The third kappa shape index (κ3) is 5.01. The zero-order valence-corrected chi connectivity index (χ0v) is 10.7. The number of hydrazine groups is 1. The van der Waals surface area contributed by atoms with Gasteiger partial charge in [0.15, 0.2) is 0 Å². The molecule has 1 aromatic rings. The number of aromatic nitrogens is 1. The summed E-state index contributed by atoms with van der Waals surface area (Å²) in [7, 11) is 0. The molecule has 1 rings (SSSR count). The molecule has 1 heterocycles. The highest BCUT2D eigenvalue weighted by Crippen LogP contribution is 2.07. The van der Waals surface area contributed by atoms with Crippen molar-refractivity contribution in [1.82, 2.24) is 9.88 Å². The number of rotatable bonds is 8. The van der Waals surface area contributed by atoms with Gasteiger partial charge in [0.25, 0.3) is 0 Å². The van der Waals surface area contributed by atoms with Gasteiger partial charge in [-0.3, -0.25) is 5.84 Å². The van der Waals surface area contributed by atoms with Gasteiger partial charge in [0.2, 0.25) is 0 Å². The summed E-state index contributed by atoms with van der Waals surface area (Å²) in [5.41, 5.74) is 3.37. The zero-order valence-electron chi connectivity index (χ0n) is 10.7. The summed E-state index contributed by atoms with van der Waals surface area (Å²) in [5, 5.41) is 3.29. The summed E-state index contributed by atoms with van der Waals surface area (Å²) < 4.78 is 0. The molecule has 0 aromatic carbocycles. The highest BCUT2D eigenvalue weighted by Gasteiger charge is 1.98. The molecule has 0 bridgehead atoms. The van der Waals surface area contributed by atoms with E-state index >= 15 is 0 Å². The number of anilines is 2. The molecule has 4 N–H and O–H groups in total. The summed E-state index contributed by atoms with van der Waals surface area (Å²) in [4.78, 5) is 6.65. The van der Waals surface area contributed by atoms with E-state index in [2.05, 4.69) is 34.5 Å². The number of nitrogens with zero attached hydrogens (tertiary/aromatic N) is 2. The number of nitrogens with two attached hydrogens (primary N) is 1. The van der Waals surface area contributed by atoms with Crippen LogP contribution < -0.4 is 16.6 Å². The lowest BCUT2D eigenvalue weighted by molar-refractivity contribution is 0.303. The second-order valence-electron chi connectivity index (χ2n) is 3.88. The fourth-order valence-electron chi connectivity index (χ4n) is 1.64. The summed E-state index contributed by atoms with van der Waals surface area (Å²) >= 11 is 0. The lowest BCUT2D eigenvalue weighted by Crippen LogP contribution is -2.25. The van der Waals surface area contributed by atoms with Gasteiger partial charge in [-0.25, -0.2) is 4.98 Å². The molecule has 17 heavy (non-hydrogen) atoms. The number of nitrogens with one attached hydrogen (secondary N) is 2. The van der Waals surface area contributed by atoms with Crippen molar-refractivity contribution in [2.75, 3.05) is 36.9 Å². The molecule has 0 aliphatic rings. The van der Waals surface area contributed by atoms with E-state index in [0.29, 0.717) is 0 Å². The van der Waals surface area contributed by atoms with Crippen molar-refractivity contribution in [2.24, 2.45) is 5.84 Å². The van der Waals surface area contributed by atoms with Crippen LogP contribution in [0.3, 0.4) is 0 Å². The average molecular weight is 237 g/mol. The molecule has 0 aliphatic heterocycles. The van der Waals surface area contributed by atoms with Crippen molar-refractivity contribution in [3.05, 3.63) is 18.3 Å². The van der Waals surface area contributed by atoms with E-state index in [4.69, 9.17) is 5.84 Å². The Morgan fingerprint density at radius 1 is 1.29 bits per heavy atom. The van der Waals surface area contributed by atoms with E-state index in [9.17, 15) is 0 Å². The van der Waals surface area contributed by atoms with E-state index in [-0.39, 0.29) is 0 Å². The largest absolute Gasteiger partial charge is 0.370 e. The van der Waals surface area contributed by atoms with Gasteiger partial charge in [-0.1, -0.05) is 13.8 Å². The van der Waals surface area contributed by atoms with Crippen LogP contribution in [-0.2, 0) is 0 Å². The fourth-order valence-corrected chi connectivity index (χ4v) is 1.64. The van der Waals surface area contributed by atoms with Gasteiger partial charge in [-0.05, 0) is 38.2 Å². The molecule has 0 unspecified atom stereocenters. The molecule has 0 fully saturated rings. The zero-order chi connectivity index (χ0) is 12.5. The Morgan fingerprint density at radius 3 is 2.59 bits per heavy atom. The van der Waals surface area contributed by atoms with Gasteiger partial charge in [-0.15, -0.1) is 0 Å².